The molecule has 1 heterocycles. The zero-order chi connectivity index (χ0) is 12.3. The van der Waals surface area contributed by atoms with Gasteiger partial charge in [0.15, 0.2) is 0 Å². The van der Waals surface area contributed by atoms with Crippen LogP contribution in [0.5, 0.6) is 0 Å². The minimum absolute atomic E-state index is 0.000741. The maximum Gasteiger partial charge on any atom is 0.315 e. The molecule has 2 atom stereocenters. The van der Waals surface area contributed by atoms with E-state index in [1.165, 1.54) is 0 Å². The lowest BCUT2D eigenvalue weighted by atomic mass is 10.1. The molecule has 0 radical (unpaired) electrons. The van der Waals surface area contributed by atoms with Gasteiger partial charge in [-0.25, -0.2) is 4.79 Å². The second kappa shape index (κ2) is 5.35. The predicted molar refractivity (Wildman–Crippen MR) is 59.7 cm³/mol. The van der Waals surface area contributed by atoms with Gasteiger partial charge in [-0.3, -0.25) is 4.79 Å². The van der Waals surface area contributed by atoms with Crippen molar-refractivity contribution in [2.24, 2.45) is 5.92 Å². The predicted octanol–water partition coefficient (Wildman–Crippen LogP) is 0.328. The van der Waals surface area contributed by atoms with Crippen LogP contribution in [0.4, 0.5) is 4.79 Å². The number of carbonyl (C=O) groups excluding carboxylic acids is 1. The first-order valence-corrected chi connectivity index (χ1v) is 6.01. The Hall–Kier alpha value is -1.30. The minimum Gasteiger partial charge on any atom is -0.481 e. The fourth-order valence-corrected chi connectivity index (χ4v) is 2.07. The van der Waals surface area contributed by atoms with Crippen molar-refractivity contribution in [1.82, 2.24) is 10.6 Å². The summed E-state index contributed by atoms with van der Waals surface area (Å²) in [6.07, 6.45) is 2.83. The van der Waals surface area contributed by atoms with Crippen molar-refractivity contribution in [3.63, 3.8) is 0 Å². The second-order valence-corrected chi connectivity index (χ2v) is 4.72. The van der Waals surface area contributed by atoms with E-state index in [0.717, 1.165) is 19.3 Å². The number of ether oxygens (including phenoxy) is 1. The molecule has 3 N–H and O–H groups in total. The standard InChI is InChI=1S/C11H18N2O4/c14-10(15)5-9(7-1-2-7)13-11(16)12-8-3-4-17-6-8/h7-9H,1-6H2,(H,14,15)(H2,12,13,16). The molecule has 1 aliphatic heterocycles. The number of carbonyl (C=O) groups is 2. The first-order chi connectivity index (χ1) is 8.15. The van der Waals surface area contributed by atoms with Crippen molar-refractivity contribution < 1.29 is 19.4 Å². The van der Waals surface area contributed by atoms with Gasteiger partial charge in [-0.2, -0.15) is 0 Å². The van der Waals surface area contributed by atoms with E-state index in [1.807, 2.05) is 0 Å². The van der Waals surface area contributed by atoms with E-state index in [-0.39, 0.29) is 24.5 Å². The average molecular weight is 242 g/mol. The molecular formula is C11H18N2O4. The molecule has 0 aromatic heterocycles. The number of rotatable bonds is 5. The van der Waals surface area contributed by atoms with Gasteiger partial charge >= 0.3 is 12.0 Å². The number of hydrogen-bond donors (Lipinski definition) is 3. The molecule has 2 rings (SSSR count). The van der Waals surface area contributed by atoms with E-state index >= 15 is 0 Å². The highest BCUT2D eigenvalue weighted by atomic mass is 16.5. The van der Waals surface area contributed by atoms with Gasteiger partial charge < -0.3 is 20.5 Å². The Balaban J connectivity index is 1.76. The molecule has 96 valence electrons. The zero-order valence-electron chi connectivity index (χ0n) is 9.65. The normalized spacial score (nSPS) is 25.3. The summed E-state index contributed by atoms with van der Waals surface area (Å²) in [6.45, 7) is 1.21. The zero-order valence-corrected chi connectivity index (χ0v) is 9.65. The summed E-state index contributed by atoms with van der Waals surface area (Å²) >= 11 is 0. The Bertz CT molecular complexity index is 298. The number of carboxylic acid groups (broad SMARTS) is 1. The van der Waals surface area contributed by atoms with E-state index in [9.17, 15) is 9.59 Å². The molecule has 0 bridgehead atoms. The second-order valence-electron chi connectivity index (χ2n) is 4.72. The SMILES string of the molecule is O=C(O)CC(NC(=O)NC1CCOC1)C1CC1. The van der Waals surface area contributed by atoms with E-state index in [4.69, 9.17) is 9.84 Å². The molecule has 2 amide bonds. The molecule has 6 heteroatoms. The number of carboxylic acids is 1. The summed E-state index contributed by atoms with van der Waals surface area (Å²) in [5, 5.41) is 14.3. The van der Waals surface area contributed by atoms with Gasteiger partial charge in [0.25, 0.3) is 0 Å². The molecule has 2 unspecified atom stereocenters. The van der Waals surface area contributed by atoms with Gasteiger partial charge in [-0.1, -0.05) is 0 Å². The fraction of sp³-hybridized carbons (Fsp3) is 0.818. The third-order valence-corrected chi connectivity index (χ3v) is 3.17. The number of aliphatic carboxylic acids is 1. The van der Waals surface area contributed by atoms with Crippen LogP contribution < -0.4 is 10.6 Å². The molecule has 1 saturated heterocycles. The van der Waals surface area contributed by atoms with Crippen molar-refractivity contribution in [3.05, 3.63) is 0 Å². The lowest BCUT2D eigenvalue weighted by molar-refractivity contribution is -0.137. The van der Waals surface area contributed by atoms with E-state index < -0.39 is 5.97 Å². The summed E-state index contributed by atoms with van der Waals surface area (Å²) in [5.74, 6) is -0.539. The third-order valence-electron chi connectivity index (χ3n) is 3.17. The molecule has 2 aliphatic rings. The van der Waals surface area contributed by atoms with Crippen molar-refractivity contribution in [2.45, 2.75) is 37.8 Å². The van der Waals surface area contributed by atoms with Crippen LogP contribution in [-0.2, 0) is 9.53 Å². The first-order valence-electron chi connectivity index (χ1n) is 6.01. The Morgan fingerprint density at radius 1 is 1.35 bits per heavy atom. The van der Waals surface area contributed by atoms with Crippen LogP contribution in [0, 0.1) is 5.92 Å². The largest absolute Gasteiger partial charge is 0.481 e. The maximum atomic E-state index is 11.7. The number of nitrogens with one attached hydrogen (secondary N) is 2. The Kier molecular flexibility index (Phi) is 3.83. The van der Waals surface area contributed by atoms with Crippen LogP contribution in [0.25, 0.3) is 0 Å². The van der Waals surface area contributed by atoms with E-state index in [2.05, 4.69) is 10.6 Å². The molecule has 0 aromatic rings. The van der Waals surface area contributed by atoms with Gasteiger partial charge in [0, 0.05) is 12.6 Å². The van der Waals surface area contributed by atoms with Crippen LogP contribution in [0.15, 0.2) is 0 Å². The van der Waals surface area contributed by atoms with Gasteiger partial charge in [-0.05, 0) is 25.2 Å². The maximum absolute atomic E-state index is 11.7. The van der Waals surface area contributed by atoms with Crippen LogP contribution in [-0.4, -0.2) is 42.4 Å². The molecule has 0 spiro atoms. The van der Waals surface area contributed by atoms with Crippen molar-refractivity contribution in [2.75, 3.05) is 13.2 Å². The van der Waals surface area contributed by atoms with Crippen molar-refractivity contribution >= 4 is 12.0 Å². The minimum atomic E-state index is -0.869. The Morgan fingerprint density at radius 3 is 2.65 bits per heavy atom. The Labute approximate surface area is 99.7 Å². The molecule has 2 fully saturated rings. The summed E-state index contributed by atoms with van der Waals surface area (Å²) in [6, 6.07) is -0.465. The third kappa shape index (κ3) is 3.89. The molecular weight excluding hydrogens is 224 g/mol. The molecule has 17 heavy (non-hydrogen) atoms. The van der Waals surface area contributed by atoms with Crippen LogP contribution in [0.3, 0.4) is 0 Å². The topological polar surface area (TPSA) is 87.7 Å². The van der Waals surface area contributed by atoms with Crippen molar-refractivity contribution in [3.8, 4) is 0 Å². The van der Waals surface area contributed by atoms with E-state index in [1.54, 1.807) is 0 Å². The summed E-state index contributed by atoms with van der Waals surface area (Å²) in [7, 11) is 0. The lowest BCUT2D eigenvalue weighted by Gasteiger charge is -2.18. The average Bonchev–Trinajstić information content (AvgIpc) is 2.97. The van der Waals surface area contributed by atoms with Crippen LogP contribution in [0.2, 0.25) is 0 Å². The molecule has 1 aliphatic carbocycles. The summed E-state index contributed by atoms with van der Waals surface area (Å²) in [4.78, 5) is 22.3. The lowest BCUT2D eigenvalue weighted by Crippen LogP contribution is -2.47. The molecule has 1 saturated carbocycles. The fourth-order valence-electron chi connectivity index (χ4n) is 2.07. The highest BCUT2D eigenvalue weighted by Gasteiger charge is 2.34. The highest BCUT2D eigenvalue weighted by Crippen LogP contribution is 2.33. The summed E-state index contributed by atoms with van der Waals surface area (Å²) < 4.78 is 5.15. The number of urea groups is 1. The Morgan fingerprint density at radius 2 is 2.12 bits per heavy atom. The quantitative estimate of drug-likeness (QED) is 0.648. The van der Waals surface area contributed by atoms with Gasteiger partial charge in [0.2, 0.25) is 0 Å². The molecule has 6 nitrogen and oxygen atoms in total. The number of amides is 2. The molecule has 0 aromatic carbocycles. The monoisotopic (exact) mass is 242 g/mol. The smallest absolute Gasteiger partial charge is 0.315 e. The van der Waals surface area contributed by atoms with Crippen LogP contribution in [0.1, 0.15) is 25.7 Å². The van der Waals surface area contributed by atoms with E-state index in [0.29, 0.717) is 19.1 Å². The van der Waals surface area contributed by atoms with Gasteiger partial charge in [-0.15, -0.1) is 0 Å². The van der Waals surface area contributed by atoms with Crippen LogP contribution >= 0.6 is 0 Å². The number of hydrogen-bond acceptors (Lipinski definition) is 3. The first kappa shape index (κ1) is 12.2. The van der Waals surface area contributed by atoms with Gasteiger partial charge in [0.1, 0.15) is 0 Å². The summed E-state index contributed by atoms with van der Waals surface area (Å²) in [5.41, 5.74) is 0. The highest BCUT2D eigenvalue weighted by molar-refractivity contribution is 5.76. The van der Waals surface area contributed by atoms with Gasteiger partial charge in [0.05, 0.1) is 19.1 Å². The van der Waals surface area contributed by atoms with Crippen molar-refractivity contribution in [1.29, 1.82) is 0 Å².